The van der Waals surface area contributed by atoms with Gasteiger partial charge in [0.05, 0.1) is 29.3 Å². The second-order valence-electron chi connectivity index (χ2n) is 19.6. The molecule has 1 saturated carbocycles. The number of aryl methyl sites for hydroxylation is 1. The van der Waals surface area contributed by atoms with Crippen molar-refractivity contribution in [2.45, 2.75) is 105 Å². The molecule has 2 fully saturated rings. The van der Waals surface area contributed by atoms with E-state index >= 15 is 0 Å². The smallest absolute Gasteiger partial charge is 0.251 e. The van der Waals surface area contributed by atoms with Crippen LogP contribution in [0.1, 0.15) is 94.9 Å². The third-order valence-corrected chi connectivity index (χ3v) is 12.9. The first-order valence-corrected chi connectivity index (χ1v) is 22.6. The van der Waals surface area contributed by atoms with Crippen molar-refractivity contribution in [2.75, 3.05) is 26.4 Å². The summed E-state index contributed by atoms with van der Waals surface area (Å²) in [6.07, 6.45) is 0.660. The molecule has 4 aromatic rings. The molecule has 1 saturated heterocycles. The number of rotatable bonds is 16. The highest BCUT2D eigenvalue weighted by Crippen LogP contribution is 2.55. The van der Waals surface area contributed by atoms with Gasteiger partial charge >= 0.3 is 0 Å². The number of halogens is 1. The van der Waals surface area contributed by atoms with Crippen LogP contribution >= 0.6 is 11.6 Å². The molecule has 2 heterocycles. The van der Waals surface area contributed by atoms with Gasteiger partial charge in [-0.2, -0.15) is 5.26 Å². The zero-order chi connectivity index (χ0) is 48.1. The number of β-amino-alcohol motifs (C(OH)–C–C–N with tert-alkyl or cyclic N) is 1. The predicted octanol–water partition coefficient (Wildman–Crippen LogP) is 6.96. The number of hydrogen-bond donors (Lipinski definition) is 4. The van der Waals surface area contributed by atoms with Gasteiger partial charge in [0.2, 0.25) is 23.6 Å². The number of nitrogens with one attached hydrogen (secondary N) is 3. The molecule has 0 radical (unpaired) electrons. The van der Waals surface area contributed by atoms with Crippen molar-refractivity contribution >= 4 is 35.2 Å². The fraction of sp³-hybridized carbons (Fsp3) is 0.451. The highest BCUT2D eigenvalue weighted by atomic mass is 35.5. The first kappa shape index (κ1) is 49.4. The van der Waals surface area contributed by atoms with Gasteiger partial charge in [-0.05, 0) is 60.7 Å². The number of likely N-dealkylation sites (tertiary alicyclic amines) is 1. The number of nitrogens with zero attached hydrogens (tertiary/aromatic N) is 3. The van der Waals surface area contributed by atoms with Crippen LogP contribution < -0.4 is 25.4 Å². The number of aliphatic hydroxyl groups is 1. The lowest BCUT2D eigenvalue weighted by Gasteiger charge is -2.63. The number of carbonyl (C=O) groups is 4. The van der Waals surface area contributed by atoms with Gasteiger partial charge < -0.3 is 40.2 Å². The first-order valence-electron chi connectivity index (χ1n) is 22.2. The number of nitriles is 1. The molecular weight excluding hydrogens is 860 g/mol. The Labute approximate surface area is 392 Å². The third-order valence-electron chi connectivity index (χ3n) is 12.6. The molecule has 4 amide bonds. The van der Waals surface area contributed by atoms with E-state index in [1.807, 2.05) is 77.1 Å². The molecule has 15 heteroatoms. The van der Waals surface area contributed by atoms with Gasteiger partial charge in [0.1, 0.15) is 43.2 Å². The highest BCUT2D eigenvalue weighted by Gasteiger charge is 2.64. The maximum atomic E-state index is 14.0. The fourth-order valence-electron chi connectivity index (χ4n) is 9.20. The molecule has 1 aliphatic carbocycles. The van der Waals surface area contributed by atoms with Crippen LogP contribution in [0, 0.1) is 34.5 Å². The normalized spacial score (nSPS) is 20.5. The van der Waals surface area contributed by atoms with Gasteiger partial charge in [0.15, 0.2) is 0 Å². The molecule has 66 heavy (non-hydrogen) atoms. The van der Waals surface area contributed by atoms with E-state index in [4.69, 9.17) is 25.8 Å². The lowest BCUT2D eigenvalue weighted by atomic mass is 9.49. The topological polar surface area (TPSA) is 192 Å². The zero-order valence-electron chi connectivity index (χ0n) is 39.1. The van der Waals surface area contributed by atoms with Crippen molar-refractivity contribution in [3.8, 4) is 28.8 Å². The van der Waals surface area contributed by atoms with Crippen LogP contribution in [0.3, 0.4) is 0 Å². The molecule has 0 spiro atoms. The summed E-state index contributed by atoms with van der Waals surface area (Å²) in [6, 6.07) is 23.4. The average molecular weight is 922 g/mol. The van der Waals surface area contributed by atoms with E-state index in [0.717, 1.165) is 22.3 Å². The van der Waals surface area contributed by atoms with Crippen molar-refractivity contribution in [1.82, 2.24) is 25.8 Å². The maximum Gasteiger partial charge on any atom is 0.251 e. The molecule has 350 valence electrons. The lowest BCUT2D eigenvalue weighted by molar-refractivity contribution is -0.164. The minimum absolute atomic E-state index is 0.0245. The Morgan fingerprint density at radius 3 is 2.21 bits per heavy atom. The summed E-state index contributed by atoms with van der Waals surface area (Å²) < 4.78 is 17.7. The number of aliphatic hydroxyl groups excluding tert-OH is 1. The van der Waals surface area contributed by atoms with Crippen LogP contribution in [0.5, 0.6) is 11.6 Å². The number of pyridine rings is 1. The molecule has 3 aromatic carbocycles. The van der Waals surface area contributed by atoms with Crippen LogP contribution in [-0.2, 0) is 19.1 Å². The minimum atomic E-state index is -0.985. The Kier molecular flexibility index (Phi) is 15.2. The Bertz CT molecular complexity index is 2410. The summed E-state index contributed by atoms with van der Waals surface area (Å²) in [4.78, 5) is 59.7. The molecule has 2 aliphatic rings. The van der Waals surface area contributed by atoms with Gasteiger partial charge in [0, 0.05) is 59.3 Å². The molecule has 0 bridgehead atoms. The van der Waals surface area contributed by atoms with Crippen LogP contribution in [0.25, 0.3) is 11.1 Å². The predicted molar refractivity (Wildman–Crippen MR) is 251 cm³/mol. The summed E-state index contributed by atoms with van der Waals surface area (Å²) in [6.45, 7) is 17.4. The van der Waals surface area contributed by atoms with E-state index in [1.54, 1.807) is 42.6 Å². The Balaban J connectivity index is 0.942. The molecule has 1 aliphatic heterocycles. The van der Waals surface area contributed by atoms with Crippen LogP contribution in [0.15, 0.2) is 85.1 Å². The molecule has 4 N–H and O–H groups in total. The summed E-state index contributed by atoms with van der Waals surface area (Å²) in [7, 11) is 0. The third kappa shape index (κ3) is 11.3. The Hall–Kier alpha value is -6.01. The van der Waals surface area contributed by atoms with Crippen molar-refractivity contribution in [2.24, 2.45) is 16.2 Å². The van der Waals surface area contributed by atoms with E-state index in [0.29, 0.717) is 27.8 Å². The first-order chi connectivity index (χ1) is 31.1. The SMILES string of the molecule is Cc1ccc([C@H](C)NC(=O)[C@@H]2C[C@@H](O)CN2C(=O)[C@@H](NC(=O)COCCOc2ccc(-c3ccc(C(=O)NC4C(C)(C)C(Oc5ccc(C#N)c(Cl)c5)C4(C)C)cc3)cn2)C(C)(C)C)cc1. The standard InChI is InChI=1S/C51H61ClN6O8/c1-30-10-12-32(13-11-30)31(2)55-45(62)40-24-37(59)28-58(40)46(63)43(49(3,4)5)56-41(60)29-64-22-23-65-42-21-19-36(27-54-42)33-14-16-34(17-15-33)44(61)57-47-50(6,7)48(51(47,8)9)66-38-20-18-35(26-53)39(52)25-38/h10-21,25,27,31,37,40,43,47-48,59H,22-24,28-29H2,1-9H3,(H,55,62)(H,56,60)(H,57,61)/t31-,37+,40-,43+,47?,48?/m0/s1. The molecule has 1 aromatic heterocycles. The summed E-state index contributed by atoms with van der Waals surface area (Å²) >= 11 is 6.24. The fourth-order valence-corrected chi connectivity index (χ4v) is 9.41. The number of carbonyl (C=O) groups excluding carboxylic acids is 4. The van der Waals surface area contributed by atoms with Crippen molar-refractivity contribution < 1.29 is 38.5 Å². The highest BCUT2D eigenvalue weighted by molar-refractivity contribution is 6.31. The number of benzene rings is 3. The number of amides is 4. The van der Waals surface area contributed by atoms with E-state index in [1.165, 1.54) is 4.90 Å². The maximum absolute atomic E-state index is 14.0. The number of ether oxygens (including phenoxy) is 3. The second kappa shape index (κ2) is 20.2. The summed E-state index contributed by atoms with van der Waals surface area (Å²) in [5.41, 5.74) is 3.07. The quantitative estimate of drug-likeness (QED) is 0.0855. The van der Waals surface area contributed by atoms with E-state index in [2.05, 4.69) is 54.7 Å². The van der Waals surface area contributed by atoms with E-state index < -0.39 is 46.2 Å². The van der Waals surface area contributed by atoms with Gasteiger partial charge in [-0.15, -0.1) is 0 Å². The Morgan fingerprint density at radius 1 is 0.939 bits per heavy atom. The average Bonchev–Trinajstić information content (AvgIpc) is 3.67. The van der Waals surface area contributed by atoms with Crippen molar-refractivity contribution in [1.29, 1.82) is 5.26 Å². The molecule has 6 rings (SSSR count). The molecular formula is C51H61ClN6O8. The lowest BCUT2D eigenvalue weighted by Crippen LogP contribution is -2.74. The van der Waals surface area contributed by atoms with E-state index in [9.17, 15) is 29.5 Å². The van der Waals surface area contributed by atoms with E-state index in [-0.39, 0.29) is 62.8 Å². The van der Waals surface area contributed by atoms with Gasteiger partial charge in [-0.25, -0.2) is 4.98 Å². The second-order valence-corrected chi connectivity index (χ2v) is 20.0. The molecule has 0 unspecified atom stereocenters. The van der Waals surface area contributed by atoms with Gasteiger partial charge in [-0.1, -0.05) is 102 Å². The monoisotopic (exact) mass is 920 g/mol. The Morgan fingerprint density at radius 2 is 1.61 bits per heavy atom. The zero-order valence-corrected chi connectivity index (χ0v) is 39.9. The molecule has 14 nitrogen and oxygen atoms in total. The summed E-state index contributed by atoms with van der Waals surface area (Å²) in [5.74, 6) is -0.609. The van der Waals surface area contributed by atoms with Gasteiger partial charge in [-0.3, -0.25) is 19.2 Å². The van der Waals surface area contributed by atoms with Crippen molar-refractivity contribution in [3.63, 3.8) is 0 Å². The molecule has 4 atom stereocenters. The van der Waals surface area contributed by atoms with Crippen LogP contribution in [-0.4, -0.2) is 95.3 Å². The van der Waals surface area contributed by atoms with Crippen LogP contribution in [0.4, 0.5) is 0 Å². The largest absolute Gasteiger partial charge is 0.489 e. The van der Waals surface area contributed by atoms with Gasteiger partial charge in [0.25, 0.3) is 5.91 Å². The van der Waals surface area contributed by atoms with Crippen LogP contribution in [0.2, 0.25) is 5.02 Å². The number of hydrogen-bond acceptors (Lipinski definition) is 10. The minimum Gasteiger partial charge on any atom is -0.489 e. The number of aromatic nitrogens is 1. The summed E-state index contributed by atoms with van der Waals surface area (Å²) in [5, 5.41) is 29.1. The van der Waals surface area contributed by atoms with Crippen molar-refractivity contribution in [3.05, 3.63) is 112 Å².